The van der Waals surface area contributed by atoms with E-state index in [-0.39, 0.29) is 32.5 Å². The molecule has 0 atom stereocenters. The number of carboxylic acid groups (broad SMARTS) is 2. The molecule has 0 radical (unpaired) electrons. The predicted octanol–water partition coefficient (Wildman–Crippen LogP) is 4.52. The molecule has 2 aromatic carbocycles. The second-order valence-corrected chi connectivity index (χ2v) is 6.01. The van der Waals surface area contributed by atoms with E-state index >= 15 is 0 Å². The van der Waals surface area contributed by atoms with E-state index in [1.165, 1.54) is 0 Å². The van der Waals surface area contributed by atoms with E-state index in [1.807, 2.05) is 0 Å². The average molecular weight is 438 g/mol. The molecule has 0 aliphatic carbocycles. The maximum absolute atomic E-state index is 11.0. The Labute approximate surface area is 171 Å². The molecule has 2 rings (SSSR count). The zero-order valence-electron chi connectivity index (χ0n) is 14.0. The maximum atomic E-state index is 11.0. The third-order valence-corrected chi connectivity index (χ3v) is 3.82. The van der Waals surface area contributed by atoms with E-state index in [9.17, 15) is 19.8 Å². The molecule has 0 saturated carbocycles. The van der Waals surface area contributed by atoms with Crippen LogP contribution in [-0.2, 0) is 0 Å². The molecule has 2 aromatic rings. The van der Waals surface area contributed by atoms with Gasteiger partial charge < -0.3 is 20.4 Å². The maximum Gasteiger partial charge on any atom is 0.335 e. The minimum atomic E-state index is -1.58. The average Bonchev–Trinajstić information content (AvgIpc) is 2.67. The van der Waals surface area contributed by atoms with Crippen molar-refractivity contribution in [2.24, 2.45) is 20.5 Å². The lowest BCUT2D eigenvalue weighted by molar-refractivity contribution is 0.0686. The molecule has 0 fully saturated rings. The predicted molar refractivity (Wildman–Crippen MR) is 98.6 cm³/mol. The summed E-state index contributed by atoms with van der Waals surface area (Å²) in [6.07, 6.45) is -1.58. The lowest BCUT2D eigenvalue weighted by Gasteiger charge is -2.04. The van der Waals surface area contributed by atoms with Gasteiger partial charge in [-0.15, -0.1) is 20.5 Å². The van der Waals surface area contributed by atoms with Gasteiger partial charge in [-0.1, -0.05) is 23.2 Å². The molecule has 0 heterocycles. The quantitative estimate of drug-likeness (QED) is 0.477. The van der Waals surface area contributed by atoms with Crippen LogP contribution in [0.15, 0.2) is 44.7 Å². The summed E-state index contributed by atoms with van der Waals surface area (Å²) in [5.41, 5.74) is -1.21. The zero-order valence-corrected chi connectivity index (χ0v) is 15.5. The number of carbonyl (C=O) groups is 2. The number of hydrogen-bond acceptors (Lipinski definition) is 9. The molecule has 11 nitrogen and oxygen atoms in total. The summed E-state index contributed by atoms with van der Waals surface area (Å²) in [5, 5.41) is 60.2. The third-order valence-electron chi connectivity index (χ3n) is 3.25. The number of phenolic OH excluding ortho intramolecular Hbond substituents is 2. The molecule has 0 bridgehead atoms. The van der Waals surface area contributed by atoms with Crippen molar-refractivity contribution in [3.05, 3.63) is 45.4 Å². The Hall–Kier alpha value is -3.75. The summed E-state index contributed by atoms with van der Waals surface area (Å²) < 4.78 is 0. The van der Waals surface area contributed by atoms with Crippen molar-refractivity contribution in [1.82, 2.24) is 0 Å². The molecular weight excluding hydrogens is 429 g/mol. The Morgan fingerprint density at radius 3 is 1.55 bits per heavy atom. The Kier molecular flexibility index (Phi) is 6.66. The lowest BCUT2D eigenvalue weighted by atomic mass is 10.2. The summed E-state index contributed by atoms with van der Waals surface area (Å²) in [6.45, 7) is 0. The number of halogens is 2. The summed E-state index contributed by atoms with van der Waals surface area (Å²) in [7, 11) is 0. The second-order valence-electron chi connectivity index (χ2n) is 5.20. The lowest BCUT2D eigenvalue weighted by Crippen LogP contribution is -1.96. The fourth-order valence-electron chi connectivity index (χ4n) is 1.88. The molecule has 0 aliphatic rings. The van der Waals surface area contributed by atoms with Crippen LogP contribution in [0.5, 0.6) is 11.5 Å². The molecule has 29 heavy (non-hydrogen) atoms. The summed E-state index contributed by atoms with van der Waals surface area (Å²) in [5.74, 6) is -3.78. The SMILES string of the molecule is N#CC(N=Nc1cc(C(=O)O)cc(Cl)c1O)N=Nc1cc(C(=O)O)cc(Cl)c1O. The molecule has 13 heteroatoms. The summed E-state index contributed by atoms with van der Waals surface area (Å²) >= 11 is 11.4. The molecule has 148 valence electrons. The van der Waals surface area contributed by atoms with Gasteiger partial charge in [0.05, 0.1) is 21.2 Å². The second kappa shape index (κ2) is 8.96. The monoisotopic (exact) mass is 437 g/mol. The van der Waals surface area contributed by atoms with Gasteiger partial charge in [0.25, 0.3) is 6.17 Å². The highest BCUT2D eigenvalue weighted by atomic mass is 35.5. The van der Waals surface area contributed by atoms with Crippen molar-refractivity contribution in [1.29, 1.82) is 5.26 Å². The molecule has 0 spiro atoms. The first-order valence-electron chi connectivity index (χ1n) is 7.37. The number of aromatic carboxylic acids is 2. The number of azo groups is 2. The van der Waals surface area contributed by atoms with Crippen LogP contribution in [0.25, 0.3) is 0 Å². The highest BCUT2D eigenvalue weighted by Gasteiger charge is 2.15. The van der Waals surface area contributed by atoms with Crippen LogP contribution in [0.4, 0.5) is 11.4 Å². The van der Waals surface area contributed by atoms with E-state index in [4.69, 9.17) is 38.7 Å². The Morgan fingerprint density at radius 1 is 0.862 bits per heavy atom. The Balaban J connectivity index is 2.34. The minimum absolute atomic E-state index is 0.276. The topological polar surface area (TPSA) is 188 Å². The highest BCUT2D eigenvalue weighted by Crippen LogP contribution is 2.37. The molecule has 0 aliphatic heterocycles. The van der Waals surface area contributed by atoms with E-state index in [0.29, 0.717) is 0 Å². The molecule has 0 saturated heterocycles. The number of carboxylic acids is 2. The number of nitriles is 1. The number of rotatable bonds is 6. The van der Waals surface area contributed by atoms with Crippen molar-refractivity contribution >= 4 is 46.5 Å². The van der Waals surface area contributed by atoms with Gasteiger partial charge in [0, 0.05) is 0 Å². The smallest absolute Gasteiger partial charge is 0.335 e. The highest BCUT2D eigenvalue weighted by molar-refractivity contribution is 6.33. The van der Waals surface area contributed by atoms with Gasteiger partial charge in [-0.05, 0) is 24.3 Å². The van der Waals surface area contributed by atoms with Crippen LogP contribution in [0.1, 0.15) is 20.7 Å². The summed E-state index contributed by atoms with van der Waals surface area (Å²) in [4.78, 5) is 22.1. The molecular formula is C16H9Cl2N5O6. The van der Waals surface area contributed by atoms with Crippen LogP contribution < -0.4 is 0 Å². The molecule has 0 amide bonds. The van der Waals surface area contributed by atoms with Gasteiger partial charge in [0.1, 0.15) is 17.4 Å². The van der Waals surface area contributed by atoms with E-state index in [2.05, 4.69) is 20.5 Å². The van der Waals surface area contributed by atoms with Crippen molar-refractivity contribution in [3.63, 3.8) is 0 Å². The first-order chi connectivity index (χ1) is 13.6. The first-order valence-corrected chi connectivity index (χ1v) is 8.12. The van der Waals surface area contributed by atoms with E-state index in [0.717, 1.165) is 24.3 Å². The van der Waals surface area contributed by atoms with Crippen molar-refractivity contribution in [3.8, 4) is 17.6 Å². The third kappa shape index (κ3) is 5.16. The molecule has 4 N–H and O–H groups in total. The number of benzene rings is 2. The number of hydrogen-bond donors (Lipinski definition) is 4. The Bertz CT molecular complexity index is 1020. The summed E-state index contributed by atoms with van der Waals surface area (Å²) in [6, 6.07) is 5.55. The van der Waals surface area contributed by atoms with Gasteiger partial charge in [0.15, 0.2) is 11.5 Å². The standard InChI is InChI=1S/C16H9Cl2N5O6/c17-8-1-6(15(26)27)3-10(13(8)24)20-22-12(5-19)23-21-11-4-7(16(28)29)2-9(18)14(11)25/h1-4,12,24-25H,(H,26,27)(H,28,29). The Morgan fingerprint density at radius 2 is 1.24 bits per heavy atom. The van der Waals surface area contributed by atoms with Gasteiger partial charge in [-0.25, -0.2) is 9.59 Å². The van der Waals surface area contributed by atoms with E-state index in [1.54, 1.807) is 6.07 Å². The van der Waals surface area contributed by atoms with Crippen LogP contribution in [-0.4, -0.2) is 38.5 Å². The largest absolute Gasteiger partial charge is 0.504 e. The van der Waals surface area contributed by atoms with Crippen LogP contribution in [0.3, 0.4) is 0 Å². The zero-order chi connectivity index (χ0) is 21.7. The van der Waals surface area contributed by atoms with Crippen LogP contribution in [0, 0.1) is 11.3 Å². The minimum Gasteiger partial charge on any atom is -0.504 e. The van der Waals surface area contributed by atoms with Gasteiger partial charge in [-0.3, -0.25) is 0 Å². The van der Waals surface area contributed by atoms with Crippen molar-refractivity contribution in [2.45, 2.75) is 6.17 Å². The number of aromatic hydroxyl groups is 2. The van der Waals surface area contributed by atoms with Crippen LogP contribution >= 0.6 is 23.2 Å². The van der Waals surface area contributed by atoms with Crippen LogP contribution in [0.2, 0.25) is 10.0 Å². The van der Waals surface area contributed by atoms with Gasteiger partial charge >= 0.3 is 11.9 Å². The number of nitrogens with zero attached hydrogens (tertiary/aromatic N) is 5. The van der Waals surface area contributed by atoms with E-state index < -0.39 is 29.6 Å². The van der Waals surface area contributed by atoms with Crippen molar-refractivity contribution in [2.75, 3.05) is 0 Å². The fraction of sp³-hybridized carbons (Fsp3) is 0.0625. The normalized spacial score (nSPS) is 12.2. The first kappa shape index (κ1) is 21.5. The number of phenols is 2. The van der Waals surface area contributed by atoms with Gasteiger partial charge in [0.2, 0.25) is 0 Å². The molecule has 0 aromatic heterocycles. The van der Waals surface area contributed by atoms with Crippen molar-refractivity contribution < 1.29 is 30.0 Å². The fourth-order valence-corrected chi connectivity index (χ4v) is 2.31. The van der Waals surface area contributed by atoms with Gasteiger partial charge in [-0.2, -0.15) is 5.26 Å². The molecule has 0 unspecified atom stereocenters.